The Morgan fingerprint density at radius 3 is 2.50 bits per heavy atom. The fourth-order valence-corrected chi connectivity index (χ4v) is 1.47. The summed E-state index contributed by atoms with van der Waals surface area (Å²) in [6, 6.07) is 5.00. The van der Waals surface area contributed by atoms with Crippen LogP contribution in [-0.2, 0) is 0 Å². The summed E-state index contributed by atoms with van der Waals surface area (Å²) in [5, 5.41) is 10.3. The van der Waals surface area contributed by atoms with E-state index in [2.05, 4.69) is 0 Å². The molecule has 1 aromatic carbocycles. The highest BCUT2D eigenvalue weighted by atomic mass is 35.5. The van der Waals surface area contributed by atoms with Crippen LogP contribution in [0, 0.1) is 10.1 Å². The highest BCUT2D eigenvalue weighted by molar-refractivity contribution is 6.30. The third-order valence-corrected chi connectivity index (χ3v) is 2.21. The molecule has 0 aliphatic heterocycles. The number of rotatable bonds is 3. The van der Waals surface area contributed by atoms with Crippen molar-refractivity contribution in [2.45, 2.75) is 12.1 Å². The lowest BCUT2D eigenvalue weighted by atomic mass is 9.99. The molecule has 88 valence electrons. The largest absolute Gasteiger partial charge is 0.402 e. The summed E-state index contributed by atoms with van der Waals surface area (Å²) in [5.74, 6) is -2.12. The standard InChI is InChI=1S/C9H7ClF3NO2/c10-7-3-1-2-6(4-7)8(5-14(15)16)9(11,12)13/h1-4,8H,5H2/t8-/m0/s1. The molecule has 0 fully saturated rings. The zero-order chi connectivity index (χ0) is 12.3. The third kappa shape index (κ3) is 3.37. The summed E-state index contributed by atoms with van der Waals surface area (Å²) in [4.78, 5) is 9.20. The Hall–Kier alpha value is -1.30. The van der Waals surface area contributed by atoms with Crippen molar-refractivity contribution < 1.29 is 18.1 Å². The van der Waals surface area contributed by atoms with E-state index in [-0.39, 0.29) is 10.6 Å². The van der Waals surface area contributed by atoms with Crippen LogP contribution in [0.3, 0.4) is 0 Å². The molecule has 0 radical (unpaired) electrons. The first-order valence-corrected chi connectivity index (χ1v) is 4.62. The van der Waals surface area contributed by atoms with Crippen molar-refractivity contribution >= 4 is 11.6 Å². The smallest absolute Gasteiger partial charge is 0.265 e. The molecule has 3 nitrogen and oxygen atoms in total. The summed E-state index contributed by atoms with van der Waals surface area (Å²) >= 11 is 5.54. The van der Waals surface area contributed by atoms with Crippen LogP contribution >= 0.6 is 11.6 Å². The van der Waals surface area contributed by atoms with E-state index < -0.39 is 23.6 Å². The van der Waals surface area contributed by atoms with E-state index in [4.69, 9.17) is 11.6 Å². The molecule has 7 heteroatoms. The van der Waals surface area contributed by atoms with Crippen molar-refractivity contribution in [3.63, 3.8) is 0 Å². The Morgan fingerprint density at radius 1 is 1.44 bits per heavy atom. The third-order valence-electron chi connectivity index (χ3n) is 1.98. The van der Waals surface area contributed by atoms with Crippen molar-refractivity contribution in [2.75, 3.05) is 6.54 Å². The van der Waals surface area contributed by atoms with Gasteiger partial charge in [-0.1, -0.05) is 23.7 Å². The van der Waals surface area contributed by atoms with E-state index in [1.54, 1.807) is 0 Å². The Kier molecular flexibility index (Phi) is 3.74. The van der Waals surface area contributed by atoms with Crippen LogP contribution in [0.15, 0.2) is 24.3 Å². The highest BCUT2D eigenvalue weighted by Gasteiger charge is 2.44. The molecule has 0 N–H and O–H groups in total. The van der Waals surface area contributed by atoms with Gasteiger partial charge in [-0.3, -0.25) is 10.1 Å². The number of benzene rings is 1. The van der Waals surface area contributed by atoms with Gasteiger partial charge in [0.15, 0.2) is 0 Å². The van der Waals surface area contributed by atoms with E-state index in [0.717, 1.165) is 6.07 Å². The number of nitro groups is 1. The predicted octanol–water partition coefficient (Wildman–Crippen LogP) is 3.26. The zero-order valence-electron chi connectivity index (χ0n) is 7.87. The van der Waals surface area contributed by atoms with Gasteiger partial charge in [0.25, 0.3) is 0 Å². The second-order valence-electron chi connectivity index (χ2n) is 3.16. The van der Waals surface area contributed by atoms with Crippen molar-refractivity contribution in [1.82, 2.24) is 0 Å². The van der Waals surface area contributed by atoms with E-state index >= 15 is 0 Å². The lowest BCUT2D eigenvalue weighted by Crippen LogP contribution is -2.27. The van der Waals surface area contributed by atoms with Crippen LogP contribution in [0.2, 0.25) is 5.02 Å². The second-order valence-corrected chi connectivity index (χ2v) is 3.60. The molecule has 0 amide bonds. The number of hydrogen-bond donors (Lipinski definition) is 0. The van der Waals surface area contributed by atoms with Crippen molar-refractivity contribution in [1.29, 1.82) is 0 Å². The Morgan fingerprint density at radius 2 is 2.06 bits per heavy atom. The van der Waals surface area contributed by atoms with Crippen LogP contribution in [0.25, 0.3) is 0 Å². The number of halogens is 4. The van der Waals surface area contributed by atoms with E-state index in [1.165, 1.54) is 18.2 Å². The maximum Gasteiger partial charge on any atom is 0.402 e. The van der Waals surface area contributed by atoms with E-state index in [9.17, 15) is 23.3 Å². The summed E-state index contributed by atoms with van der Waals surface area (Å²) < 4.78 is 37.7. The average Bonchev–Trinajstić information content (AvgIpc) is 2.12. The molecule has 1 rings (SSSR count). The van der Waals surface area contributed by atoms with E-state index in [1.807, 2.05) is 0 Å². The van der Waals surface area contributed by atoms with Crippen LogP contribution in [-0.4, -0.2) is 17.6 Å². The van der Waals surface area contributed by atoms with Crippen LogP contribution in [0.5, 0.6) is 0 Å². The Balaban J connectivity index is 3.06. The fraction of sp³-hybridized carbons (Fsp3) is 0.333. The van der Waals surface area contributed by atoms with Crippen molar-refractivity contribution in [3.05, 3.63) is 45.0 Å². The number of hydrogen-bond acceptors (Lipinski definition) is 2. The van der Waals surface area contributed by atoms with Crippen LogP contribution in [0.1, 0.15) is 11.5 Å². The maximum absolute atomic E-state index is 12.6. The molecule has 0 saturated heterocycles. The van der Waals surface area contributed by atoms with Gasteiger partial charge in [0.2, 0.25) is 6.54 Å². The van der Waals surface area contributed by atoms with Crippen LogP contribution < -0.4 is 0 Å². The fourth-order valence-electron chi connectivity index (χ4n) is 1.27. The first kappa shape index (κ1) is 12.8. The van der Waals surface area contributed by atoms with Gasteiger partial charge in [0.1, 0.15) is 5.92 Å². The topological polar surface area (TPSA) is 43.1 Å². The Bertz CT molecular complexity index is 395. The molecule has 0 saturated carbocycles. The summed E-state index contributed by atoms with van der Waals surface area (Å²) in [5.41, 5.74) is -0.197. The minimum atomic E-state index is -4.66. The normalized spacial score (nSPS) is 13.5. The molecule has 0 spiro atoms. The number of alkyl halides is 3. The molecule has 0 aliphatic carbocycles. The molecule has 0 aromatic heterocycles. The molecule has 1 atom stereocenters. The molecule has 16 heavy (non-hydrogen) atoms. The minimum absolute atomic E-state index is 0.120. The van der Waals surface area contributed by atoms with Gasteiger partial charge in [-0.2, -0.15) is 13.2 Å². The minimum Gasteiger partial charge on any atom is -0.265 e. The predicted molar refractivity (Wildman–Crippen MR) is 52.1 cm³/mol. The average molecular weight is 254 g/mol. The molecule has 0 bridgehead atoms. The monoisotopic (exact) mass is 253 g/mol. The summed E-state index contributed by atoms with van der Waals surface area (Å²) in [6.45, 7) is -1.19. The number of nitrogens with zero attached hydrogens (tertiary/aromatic N) is 1. The zero-order valence-corrected chi connectivity index (χ0v) is 8.63. The maximum atomic E-state index is 12.6. The lowest BCUT2D eigenvalue weighted by molar-refractivity contribution is -0.490. The van der Waals surface area contributed by atoms with Gasteiger partial charge < -0.3 is 0 Å². The van der Waals surface area contributed by atoms with Gasteiger partial charge >= 0.3 is 6.18 Å². The van der Waals surface area contributed by atoms with Gasteiger partial charge in [-0.25, -0.2) is 0 Å². The molecule has 0 aliphatic rings. The Labute approximate surface area is 94.0 Å². The van der Waals surface area contributed by atoms with E-state index in [0.29, 0.717) is 0 Å². The SMILES string of the molecule is O=[N+]([O-])C[C@@H](c1cccc(Cl)c1)C(F)(F)F. The summed E-state index contributed by atoms with van der Waals surface area (Å²) in [7, 11) is 0. The first-order chi connectivity index (χ1) is 7.30. The van der Waals surface area contributed by atoms with Crippen molar-refractivity contribution in [3.8, 4) is 0 Å². The van der Waals surface area contributed by atoms with Gasteiger partial charge in [0.05, 0.1) is 0 Å². The van der Waals surface area contributed by atoms with Crippen molar-refractivity contribution in [2.24, 2.45) is 0 Å². The molecular weight excluding hydrogens is 247 g/mol. The van der Waals surface area contributed by atoms with Gasteiger partial charge in [-0.05, 0) is 17.7 Å². The molecule has 1 aromatic rings. The summed E-state index contributed by atoms with van der Waals surface area (Å²) in [6.07, 6.45) is -4.66. The van der Waals surface area contributed by atoms with Crippen LogP contribution in [0.4, 0.5) is 13.2 Å². The first-order valence-electron chi connectivity index (χ1n) is 4.24. The quantitative estimate of drug-likeness (QED) is 0.613. The van der Waals surface area contributed by atoms with Gasteiger partial charge in [-0.15, -0.1) is 0 Å². The molecular formula is C9H7ClF3NO2. The molecule has 0 unspecified atom stereocenters. The lowest BCUT2D eigenvalue weighted by Gasteiger charge is -2.16. The van der Waals surface area contributed by atoms with Gasteiger partial charge in [0, 0.05) is 9.95 Å². The highest BCUT2D eigenvalue weighted by Crippen LogP contribution is 2.35. The molecule has 0 heterocycles. The second kappa shape index (κ2) is 4.69.